The van der Waals surface area contributed by atoms with Gasteiger partial charge in [0.1, 0.15) is 0 Å². The molecular weight excluding hydrogens is 278 g/mol. The second-order valence-electron chi connectivity index (χ2n) is 4.61. The summed E-state index contributed by atoms with van der Waals surface area (Å²) < 4.78 is 28.2. The molecule has 0 saturated heterocycles. The summed E-state index contributed by atoms with van der Waals surface area (Å²) in [5.41, 5.74) is 5.85. The minimum atomic E-state index is -3.12. The first-order chi connectivity index (χ1) is 7.92. The molecule has 108 valence electrons. The summed E-state index contributed by atoms with van der Waals surface area (Å²) in [5, 5.41) is -0.228. The normalized spacial score (nSPS) is 18.6. The van der Waals surface area contributed by atoms with E-state index in [9.17, 15) is 13.2 Å². The van der Waals surface area contributed by atoms with E-state index in [1.807, 2.05) is 6.92 Å². The fourth-order valence-electron chi connectivity index (χ4n) is 1.92. The summed E-state index contributed by atoms with van der Waals surface area (Å²) in [7, 11) is -1.83. The van der Waals surface area contributed by atoms with Crippen LogP contribution in [0.3, 0.4) is 0 Å². The molecule has 2 N–H and O–H groups in total. The summed E-state index contributed by atoms with van der Waals surface area (Å²) in [6.45, 7) is 1.93. The number of nitrogens with two attached hydrogens (primary N) is 1. The molecule has 2 atom stereocenters. The van der Waals surface area contributed by atoms with Crippen molar-refractivity contribution in [3.63, 3.8) is 0 Å². The number of hydrogen-bond acceptors (Lipinski definition) is 5. The summed E-state index contributed by atoms with van der Waals surface area (Å²) >= 11 is 0. The molecule has 0 aliphatic heterocycles. The Morgan fingerprint density at radius 1 is 1.44 bits per heavy atom. The van der Waals surface area contributed by atoms with E-state index in [4.69, 9.17) is 5.73 Å². The minimum Gasteiger partial charge on any atom is -0.469 e. The van der Waals surface area contributed by atoms with Crippen LogP contribution in [-0.2, 0) is 19.4 Å². The lowest BCUT2D eigenvalue weighted by Crippen LogP contribution is -2.42. The minimum absolute atomic E-state index is 0. The SMILES string of the molecule is CCCC(C(=O)OC)C(N)CS(=O)(=O)C1CC1.Cl. The van der Waals surface area contributed by atoms with E-state index in [2.05, 4.69) is 4.74 Å². The van der Waals surface area contributed by atoms with Gasteiger partial charge >= 0.3 is 5.97 Å². The first kappa shape index (κ1) is 17.7. The lowest BCUT2D eigenvalue weighted by molar-refractivity contribution is -0.146. The second-order valence-corrected chi connectivity index (χ2v) is 6.94. The van der Waals surface area contributed by atoms with Crippen molar-refractivity contribution in [3.05, 3.63) is 0 Å². The van der Waals surface area contributed by atoms with Crippen molar-refractivity contribution in [2.75, 3.05) is 12.9 Å². The van der Waals surface area contributed by atoms with Crippen LogP contribution in [-0.4, -0.2) is 38.5 Å². The van der Waals surface area contributed by atoms with Gasteiger partial charge < -0.3 is 10.5 Å². The fourth-order valence-corrected chi connectivity index (χ4v) is 3.81. The second kappa shape index (κ2) is 7.31. The van der Waals surface area contributed by atoms with Crippen molar-refractivity contribution in [3.8, 4) is 0 Å². The molecule has 1 saturated carbocycles. The predicted molar refractivity (Wildman–Crippen MR) is 72.4 cm³/mol. The zero-order chi connectivity index (χ0) is 13.1. The number of carbonyl (C=O) groups is 1. The number of ether oxygens (including phenoxy) is 1. The zero-order valence-electron chi connectivity index (χ0n) is 10.8. The Hall–Kier alpha value is -0.330. The maximum absolute atomic E-state index is 11.8. The molecule has 0 bridgehead atoms. The van der Waals surface area contributed by atoms with Crippen molar-refractivity contribution in [2.45, 2.75) is 43.9 Å². The maximum Gasteiger partial charge on any atom is 0.310 e. The first-order valence-electron chi connectivity index (χ1n) is 5.97. The molecule has 7 heteroatoms. The molecule has 1 aliphatic carbocycles. The van der Waals surface area contributed by atoms with Crippen molar-refractivity contribution >= 4 is 28.2 Å². The lowest BCUT2D eigenvalue weighted by atomic mass is 9.97. The summed E-state index contributed by atoms with van der Waals surface area (Å²) in [6.07, 6.45) is 2.79. The Morgan fingerprint density at radius 3 is 2.39 bits per heavy atom. The molecule has 0 radical (unpaired) electrons. The van der Waals surface area contributed by atoms with Crippen LogP contribution in [0.4, 0.5) is 0 Å². The highest BCUT2D eigenvalue weighted by Gasteiger charge is 2.39. The van der Waals surface area contributed by atoms with E-state index >= 15 is 0 Å². The highest BCUT2D eigenvalue weighted by atomic mass is 35.5. The van der Waals surface area contributed by atoms with Crippen LogP contribution in [0.5, 0.6) is 0 Å². The topological polar surface area (TPSA) is 86.5 Å². The standard InChI is InChI=1S/C11H21NO4S.ClH/c1-3-4-9(11(13)16-2)10(12)7-17(14,15)8-5-6-8;/h8-10H,3-7,12H2,1-2H3;1H. The fraction of sp³-hybridized carbons (Fsp3) is 0.909. The van der Waals surface area contributed by atoms with Gasteiger partial charge in [-0.05, 0) is 19.3 Å². The number of halogens is 1. The molecule has 1 fully saturated rings. The molecule has 0 amide bonds. The van der Waals surface area contributed by atoms with Gasteiger partial charge in [0.15, 0.2) is 9.84 Å². The maximum atomic E-state index is 11.8. The summed E-state index contributed by atoms with van der Waals surface area (Å²) in [4.78, 5) is 11.5. The van der Waals surface area contributed by atoms with E-state index < -0.39 is 27.8 Å². The predicted octanol–water partition coefficient (Wildman–Crippen LogP) is 0.902. The number of rotatable bonds is 7. The van der Waals surface area contributed by atoms with Gasteiger partial charge in [-0.3, -0.25) is 4.79 Å². The molecule has 0 aromatic heterocycles. The van der Waals surface area contributed by atoms with Crippen LogP contribution in [0.1, 0.15) is 32.6 Å². The molecule has 5 nitrogen and oxygen atoms in total. The Labute approximate surface area is 115 Å². The quantitative estimate of drug-likeness (QED) is 0.706. The molecular formula is C11H22ClNO4S. The van der Waals surface area contributed by atoms with E-state index in [1.54, 1.807) is 0 Å². The molecule has 18 heavy (non-hydrogen) atoms. The number of hydrogen-bond donors (Lipinski definition) is 1. The van der Waals surface area contributed by atoms with Crippen molar-refractivity contribution in [1.82, 2.24) is 0 Å². The highest BCUT2D eigenvalue weighted by molar-refractivity contribution is 7.92. The largest absolute Gasteiger partial charge is 0.469 e. The average molecular weight is 300 g/mol. The van der Waals surface area contributed by atoms with E-state index in [0.717, 1.165) is 19.3 Å². The third-order valence-corrected chi connectivity index (χ3v) is 5.41. The van der Waals surface area contributed by atoms with Gasteiger partial charge in [-0.15, -0.1) is 12.4 Å². The van der Waals surface area contributed by atoms with Gasteiger partial charge in [0.2, 0.25) is 0 Å². The Balaban J connectivity index is 0.00000289. The molecule has 0 spiro atoms. The van der Waals surface area contributed by atoms with Gasteiger partial charge in [-0.25, -0.2) is 8.42 Å². The average Bonchev–Trinajstić information content (AvgIpc) is 3.07. The summed E-state index contributed by atoms with van der Waals surface area (Å²) in [5.74, 6) is -1.04. The zero-order valence-corrected chi connectivity index (χ0v) is 12.4. The van der Waals surface area contributed by atoms with Crippen LogP contribution in [0.15, 0.2) is 0 Å². The number of methoxy groups -OCH3 is 1. The van der Waals surface area contributed by atoms with Gasteiger partial charge in [-0.2, -0.15) is 0 Å². The van der Waals surface area contributed by atoms with Crippen molar-refractivity contribution in [2.24, 2.45) is 11.7 Å². The van der Waals surface area contributed by atoms with Crippen LogP contribution in [0, 0.1) is 5.92 Å². The number of sulfone groups is 1. The van der Waals surface area contributed by atoms with Crippen LogP contribution in [0.2, 0.25) is 0 Å². The van der Waals surface area contributed by atoms with E-state index in [0.29, 0.717) is 6.42 Å². The molecule has 0 aromatic rings. The molecule has 1 aliphatic rings. The first-order valence-corrected chi connectivity index (χ1v) is 7.69. The Bertz CT molecular complexity index is 367. The molecule has 0 heterocycles. The third kappa shape index (κ3) is 4.74. The molecule has 1 rings (SSSR count). The Kier molecular flexibility index (Phi) is 7.17. The third-order valence-electron chi connectivity index (χ3n) is 3.08. The summed E-state index contributed by atoms with van der Waals surface area (Å²) in [6, 6.07) is -0.659. The Morgan fingerprint density at radius 2 is 2.00 bits per heavy atom. The number of esters is 1. The lowest BCUT2D eigenvalue weighted by Gasteiger charge is -2.21. The van der Waals surface area contributed by atoms with Gasteiger partial charge in [0, 0.05) is 6.04 Å². The monoisotopic (exact) mass is 299 g/mol. The van der Waals surface area contributed by atoms with Crippen LogP contribution >= 0.6 is 12.4 Å². The van der Waals surface area contributed by atoms with E-state index in [-0.39, 0.29) is 23.4 Å². The van der Waals surface area contributed by atoms with Crippen molar-refractivity contribution in [1.29, 1.82) is 0 Å². The van der Waals surface area contributed by atoms with E-state index in [1.165, 1.54) is 7.11 Å². The van der Waals surface area contributed by atoms with Gasteiger partial charge in [0.05, 0.1) is 24.0 Å². The number of carbonyl (C=O) groups excluding carboxylic acids is 1. The van der Waals surface area contributed by atoms with Gasteiger partial charge in [0.25, 0.3) is 0 Å². The van der Waals surface area contributed by atoms with Crippen LogP contribution in [0.25, 0.3) is 0 Å². The highest BCUT2D eigenvalue weighted by Crippen LogP contribution is 2.30. The smallest absolute Gasteiger partial charge is 0.310 e. The van der Waals surface area contributed by atoms with Crippen molar-refractivity contribution < 1.29 is 17.9 Å². The van der Waals surface area contributed by atoms with Crippen LogP contribution < -0.4 is 5.73 Å². The molecule has 0 aromatic carbocycles. The van der Waals surface area contributed by atoms with Gasteiger partial charge in [-0.1, -0.05) is 13.3 Å². The molecule has 2 unspecified atom stereocenters.